The van der Waals surface area contributed by atoms with E-state index in [4.69, 9.17) is 9.47 Å². The monoisotopic (exact) mass is 527 g/mol. The molecule has 0 bridgehead atoms. The minimum Gasteiger partial charge on any atom is -0.494 e. The number of fused-ring (bicyclic) bond motifs is 1. The first-order chi connectivity index (χ1) is 18.1. The number of nitrogens with two attached hydrogens (primary N) is 1. The molecular weight excluding hydrogens is 490 g/mol. The number of anilines is 1. The molecular formula is C26H37N7O5. The first-order valence-electron chi connectivity index (χ1n) is 12.1. The number of methoxy groups -OCH3 is 1. The van der Waals surface area contributed by atoms with Gasteiger partial charge in [0.05, 0.1) is 18.3 Å². The summed E-state index contributed by atoms with van der Waals surface area (Å²) in [5, 5.41) is 9.85. The Labute approximate surface area is 222 Å². The van der Waals surface area contributed by atoms with Gasteiger partial charge in [-0.15, -0.1) is 0 Å². The number of alkyl carbamates (subject to hydrolysis) is 1. The van der Waals surface area contributed by atoms with Crippen LogP contribution in [0.25, 0.3) is 11.0 Å². The molecule has 4 N–H and O–H groups in total. The second-order valence-electron chi connectivity index (χ2n) is 9.05. The van der Waals surface area contributed by atoms with Crippen LogP contribution in [-0.2, 0) is 17.8 Å². The number of imidazole rings is 1. The molecule has 1 aromatic carbocycles. The average molecular weight is 528 g/mol. The van der Waals surface area contributed by atoms with Crippen LogP contribution in [0.15, 0.2) is 30.4 Å². The molecule has 2 aromatic heterocycles. The molecule has 3 aromatic rings. The molecule has 0 atom stereocenters. The van der Waals surface area contributed by atoms with Gasteiger partial charge in [0, 0.05) is 25.2 Å². The van der Waals surface area contributed by atoms with Crippen LogP contribution in [-0.4, -0.2) is 63.9 Å². The van der Waals surface area contributed by atoms with E-state index >= 15 is 0 Å². The largest absolute Gasteiger partial charge is 0.494 e. The molecule has 12 nitrogen and oxygen atoms in total. The molecule has 12 heteroatoms. The molecule has 2 heterocycles. The number of amides is 2. The highest BCUT2D eigenvalue weighted by Gasteiger charge is 2.20. The van der Waals surface area contributed by atoms with Crippen LogP contribution in [0.5, 0.6) is 5.75 Å². The van der Waals surface area contributed by atoms with Gasteiger partial charge in [0.2, 0.25) is 5.95 Å². The number of nitrogens with zero attached hydrogens (tertiary/aromatic N) is 4. The Kier molecular flexibility index (Phi) is 10.6. The van der Waals surface area contributed by atoms with E-state index in [0.29, 0.717) is 47.4 Å². The SMILES string of the molecule is CCn1nc(C)cc1C(=O)Nc1nc2cc(C=O)cc(OC)c2n1C/C=C/CNC(=O)OC(C)(C)C.CN. The topological polar surface area (TPSA) is 155 Å². The van der Waals surface area contributed by atoms with E-state index in [0.717, 1.165) is 5.69 Å². The summed E-state index contributed by atoms with van der Waals surface area (Å²) < 4.78 is 14.1. The van der Waals surface area contributed by atoms with Gasteiger partial charge in [-0.1, -0.05) is 12.2 Å². The summed E-state index contributed by atoms with van der Waals surface area (Å²) in [5.41, 5.74) is 6.56. The van der Waals surface area contributed by atoms with Crippen LogP contribution in [0.3, 0.4) is 0 Å². The maximum Gasteiger partial charge on any atom is 0.407 e. The number of carbonyl (C=O) groups excluding carboxylic acids is 3. The summed E-state index contributed by atoms with van der Waals surface area (Å²) in [5.74, 6) is 0.360. The highest BCUT2D eigenvalue weighted by atomic mass is 16.6. The van der Waals surface area contributed by atoms with E-state index in [1.165, 1.54) is 14.2 Å². The van der Waals surface area contributed by atoms with Crippen molar-refractivity contribution >= 4 is 35.3 Å². The van der Waals surface area contributed by atoms with E-state index in [-0.39, 0.29) is 18.4 Å². The third-order valence-electron chi connectivity index (χ3n) is 5.06. The maximum absolute atomic E-state index is 13.1. The average Bonchev–Trinajstić information content (AvgIpc) is 3.42. The maximum atomic E-state index is 13.1. The molecule has 0 aliphatic heterocycles. The highest BCUT2D eigenvalue weighted by Crippen LogP contribution is 2.30. The first-order valence-corrected chi connectivity index (χ1v) is 12.1. The van der Waals surface area contributed by atoms with E-state index in [9.17, 15) is 14.4 Å². The Morgan fingerprint density at radius 2 is 1.87 bits per heavy atom. The van der Waals surface area contributed by atoms with Crippen LogP contribution < -0.4 is 21.1 Å². The third kappa shape index (κ3) is 7.65. The summed E-state index contributed by atoms with van der Waals surface area (Å²) in [7, 11) is 3.00. The van der Waals surface area contributed by atoms with Crippen molar-refractivity contribution in [3.8, 4) is 5.75 Å². The fraction of sp³-hybridized carbons (Fsp3) is 0.423. The first kappa shape index (κ1) is 30.0. The number of benzene rings is 1. The smallest absolute Gasteiger partial charge is 0.407 e. The van der Waals surface area contributed by atoms with Gasteiger partial charge in [0.15, 0.2) is 0 Å². The lowest BCUT2D eigenvalue weighted by atomic mass is 10.2. The number of aldehydes is 1. The standard InChI is InChI=1S/C25H32N6O5.CH5N/c1-7-31-19(12-16(2)29-31)22(33)28-23-27-18-13-17(15-32)14-20(35-6)21(18)30(23)11-9-8-10-26-24(34)36-25(3,4)5;1-2/h8-9,12-15H,7,10-11H2,1-6H3,(H,26,34)(H,27,28,33);2H2,1H3/b9-8+;. The Balaban J connectivity index is 0.00000247. The number of nitrogens with one attached hydrogen (secondary N) is 2. The zero-order valence-corrected chi connectivity index (χ0v) is 23.0. The van der Waals surface area contributed by atoms with Crippen molar-refractivity contribution in [2.45, 2.75) is 53.3 Å². The van der Waals surface area contributed by atoms with Gasteiger partial charge in [0.1, 0.15) is 28.8 Å². The minimum atomic E-state index is -0.584. The van der Waals surface area contributed by atoms with Crippen LogP contribution >= 0.6 is 0 Å². The molecule has 0 saturated heterocycles. The number of carbonyl (C=O) groups is 3. The minimum absolute atomic E-state index is 0.255. The summed E-state index contributed by atoms with van der Waals surface area (Å²) in [6.07, 6.45) is 3.79. The number of ether oxygens (including phenoxy) is 2. The van der Waals surface area contributed by atoms with Crippen molar-refractivity contribution in [2.75, 3.05) is 26.0 Å². The van der Waals surface area contributed by atoms with Crippen molar-refractivity contribution in [1.82, 2.24) is 24.6 Å². The number of hydrogen-bond donors (Lipinski definition) is 3. The van der Waals surface area contributed by atoms with Crippen molar-refractivity contribution in [1.29, 1.82) is 0 Å². The zero-order chi connectivity index (χ0) is 28.5. The third-order valence-corrected chi connectivity index (χ3v) is 5.06. The van der Waals surface area contributed by atoms with Gasteiger partial charge in [0.25, 0.3) is 5.91 Å². The number of aryl methyl sites for hydroxylation is 2. The van der Waals surface area contributed by atoms with E-state index in [1.807, 2.05) is 19.9 Å². The summed E-state index contributed by atoms with van der Waals surface area (Å²) in [6, 6.07) is 4.95. The summed E-state index contributed by atoms with van der Waals surface area (Å²) in [6.45, 7) is 10.2. The van der Waals surface area contributed by atoms with Crippen LogP contribution in [0.1, 0.15) is 54.2 Å². The Bertz CT molecular complexity index is 1300. The van der Waals surface area contributed by atoms with Crippen LogP contribution in [0.2, 0.25) is 0 Å². The quantitative estimate of drug-likeness (QED) is 0.283. The number of rotatable bonds is 9. The predicted octanol–water partition coefficient (Wildman–Crippen LogP) is 3.29. The van der Waals surface area contributed by atoms with Gasteiger partial charge < -0.3 is 25.1 Å². The molecule has 0 spiro atoms. The Morgan fingerprint density at radius 3 is 2.47 bits per heavy atom. The fourth-order valence-corrected chi connectivity index (χ4v) is 3.60. The lowest BCUT2D eigenvalue weighted by molar-refractivity contribution is 0.0533. The molecule has 206 valence electrons. The molecule has 0 saturated carbocycles. The van der Waals surface area contributed by atoms with Gasteiger partial charge in [-0.05, 0) is 59.9 Å². The normalized spacial score (nSPS) is 11.2. The molecule has 2 amide bonds. The second kappa shape index (κ2) is 13.4. The highest BCUT2D eigenvalue weighted by molar-refractivity contribution is 6.03. The van der Waals surface area contributed by atoms with Gasteiger partial charge in [-0.3, -0.25) is 19.6 Å². The molecule has 0 aliphatic rings. The molecule has 0 fully saturated rings. The Morgan fingerprint density at radius 1 is 1.16 bits per heavy atom. The van der Waals surface area contributed by atoms with Crippen molar-refractivity contribution in [3.63, 3.8) is 0 Å². The van der Waals surface area contributed by atoms with Crippen molar-refractivity contribution in [3.05, 3.63) is 47.3 Å². The van der Waals surface area contributed by atoms with Crippen molar-refractivity contribution in [2.24, 2.45) is 5.73 Å². The van der Waals surface area contributed by atoms with Crippen LogP contribution in [0, 0.1) is 6.92 Å². The zero-order valence-electron chi connectivity index (χ0n) is 23.0. The number of aromatic nitrogens is 4. The summed E-state index contributed by atoms with van der Waals surface area (Å²) >= 11 is 0. The molecule has 0 radical (unpaired) electrons. The Hall–Kier alpha value is -4.19. The van der Waals surface area contributed by atoms with Crippen LogP contribution in [0.4, 0.5) is 10.7 Å². The molecule has 38 heavy (non-hydrogen) atoms. The molecule has 0 unspecified atom stereocenters. The molecule has 0 aliphatic carbocycles. The molecule has 3 rings (SSSR count). The van der Waals surface area contributed by atoms with E-state index < -0.39 is 11.7 Å². The summed E-state index contributed by atoms with van der Waals surface area (Å²) in [4.78, 5) is 40.9. The van der Waals surface area contributed by atoms with Crippen molar-refractivity contribution < 1.29 is 23.9 Å². The van der Waals surface area contributed by atoms with E-state index in [1.54, 1.807) is 54.3 Å². The van der Waals surface area contributed by atoms with E-state index in [2.05, 4.69) is 26.4 Å². The fourth-order valence-electron chi connectivity index (χ4n) is 3.60. The van der Waals surface area contributed by atoms with Gasteiger partial charge in [-0.25, -0.2) is 9.78 Å². The lowest BCUT2D eigenvalue weighted by Crippen LogP contribution is -2.32. The van der Waals surface area contributed by atoms with Gasteiger partial charge >= 0.3 is 6.09 Å². The number of allylic oxidation sites excluding steroid dienone is 1. The number of hydrogen-bond acceptors (Lipinski definition) is 8. The predicted molar refractivity (Wildman–Crippen MR) is 146 cm³/mol. The second-order valence-corrected chi connectivity index (χ2v) is 9.05. The van der Waals surface area contributed by atoms with Gasteiger partial charge in [-0.2, -0.15) is 5.10 Å². The lowest BCUT2D eigenvalue weighted by Gasteiger charge is -2.19.